The highest BCUT2D eigenvalue weighted by Crippen LogP contribution is 2.15. The Balaban J connectivity index is 1.61. The first-order chi connectivity index (χ1) is 12.8. The number of morpholine rings is 1. The van der Waals surface area contributed by atoms with Crippen molar-refractivity contribution in [1.82, 2.24) is 15.5 Å². The molecule has 0 bridgehead atoms. The Hall–Kier alpha value is -1.63. The molecule has 6 heteroatoms. The highest BCUT2D eigenvalue weighted by molar-refractivity contribution is 5.79. The average molecular weight is 363 g/mol. The molecule has 1 saturated heterocycles. The summed E-state index contributed by atoms with van der Waals surface area (Å²) in [6, 6.07) is 10.3. The molecule has 0 aromatic heterocycles. The molecular formula is C20H34N4O2. The molecule has 0 spiro atoms. The number of guanidine groups is 1. The zero-order valence-corrected chi connectivity index (χ0v) is 16.2. The smallest absolute Gasteiger partial charge is 0.191 e. The van der Waals surface area contributed by atoms with Gasteiger partial charge in [0.25, 0.3) is 0 Å². The molecule has 0 saturated carbocycles. The molecule has 26 heavy (non-hydrogen) atoms. The van der Waals surface area contributed by atoms with Gasteiger partial charge in [0.05, 0.1) is 19.3 Å². The van der Waals surface area contributed by atoms with Crippen LogP contribution < -0.4 is 10.6 Å². The third kappa shape index (κ3) is 8.17. The lowest BCUT2D eigenvalue weighted by Gasteiger charge is -2.26. The molecule has 1 aliphatic heterocycles. The van der Waals surface area contributed by atoms with Crippen molar-refractivity contribution in [3.63, 3.8) is 0 Å². The molecule has 1 aromatic carbocycles. The van der Waals surface area contributed by atoms with Gasteiger partial charge in [-0.3, -0.25) is 9.89 Å². The molecule has 1 aromatic rings. The van der Waals surface area contributed by atoms with Crippen molar-refractivity contribution in [3.8, 4) is 0 Å². The number of aliphatic imine (C=N–C) groups is 1. The van der Waals surface area contributed by atoms with E-state index < -0.39 is 0 Å². The van der Waals surface area contributed by atoms with Gasteiger partial charge < -0.3 is 20.1 Å². The Kier molecular flexibility index (Phi) is 10.1. The molecule has 1 heterocycles. The van der Waals surface area contributed by atoms with E-state index in [9.17, 15) is 0 Å². The van der Waals surface area contributed by atoms with Crippen LogP contribution in [0.2, 0.25) is 0 Å². The van der Waals surface area contributed by atoms with E-state index in [0.29, 0.717) is 6.61 Å². The molecule has 0 amide bonds. The van der Waals surface area contributed by atoms with Crippen LogP contribution in [0, 0.1) is 0 Å². The fourth-order valence-electron chi connectivity index (χ4n) is 2.83. The summed E-state index contributed by atoms with van der Waals surface area (Å²) in [4.78, 5) is 7.05. The lowest BCUT2D eigenvalue weighted by Crippen LogP contribution is -2.44. The zero-order chi connectivity index (χ0) is 18.5. The van der Waals surface area contributed by atoms with E-state index in [0.717, 1.165) is 64.9 Å². The van der Waals surface area contributed by atoms with Crippen molar-refractivity contribution in [3.05, 3.63) is 35.9 Å². The number of hydrogen-bond donors (Lipinski definition) is 2. The summed E-state index contributed by atoms with van der Waals surface area (Å²) >= 11 is 0. The Morgan fingerprint density at radius 2 is 2.00 bits per heavy atom. The predicted octanol–water partition coefficient (Wildman–Crippen LogP) is 2.04. The largest absolute Gasteiger partial charge is 0.379 e. The van der Waals surface area contributed by atoms with Crippen LogP contribution in [0.5, 0.6) is 0 Å². The van der Waals surface area contributed by atoms with Gasteiger partial charge in [-0.2, -0.15) is 0 Å². The van der Waals surface area contributed by atoms with Crippen LogP contribution in [-0.4, -0.2) is 69.9 Å². The summed E-state index contributed by atoms with van der Waals surface area (Å²) in [6.45, 7) is 12.2. The summed E-state index contributed by atoms with van der Waals surface area (Å²) in [5, 5.41) is 6.71. The van der Waals surface area contributed by atoms with Crippen molar-refractivity contribution in [2.45, 2.75) is 26.4 Å². The van der Waals surface area contributed by atoms with Gasteiger partial charge in [0.2, 0.25) is 0 Å². The second-order valence-corrected chi connectivity index (χ2v) is 6.42. The van der Waals surface area contributed by atoms with E-state index in [4.69, 9.17) is 9.47 Å². The van der Waals surface area contributed by atoms with Crippen LogP contribution in [-0.2, 0) is 9.47 Å². The van der Waals surface area contributed by atoms with Gasteiger partial charge in [-0.15, -0.1) is 0 Å². The maximum atomic E-state index is 5.90. The highest BCUT2D eigenvalue weighted by Gasteiger charge is 2.09. The van der Waals surface area contributed by atoms with Crippen LogP contribution >= 0.6 is 0 Å². The molecule has 2 rings (SSSR count). The number of rotatable bonds is 10. The van der Waals surface area contributed by atoms with Gasteiger partial charge in [-0.05, 0) is 25.8 Å². The van der Waals surface area contributed by atoms with Crippen LogP contribution in [0.3, 0.4) is 0 Å². The number of hydrogen-bond acceptors (Lipinski definition) is 4. The Morgan fingerprint density at radius 1 is 1.23 bits per heavy atom. The van der Waals surface area contributed by atoms with Gasteiger partial charge in [-0.1, -0.05) is 30.3 Å². The second kappa shape index (κ2) is 12.7. The number of nitrogens with zero attached hydrogens (tertiary/aromatic N) is 2. The minimum absolute atomic E-state index is 0.125. The third-order valence-corrected chi connectivity index (χ3v) is 4.38. The van der Waals surface area contributed by atoms with Crippen molar-refractivity contribution >= 4 is 5.96 Å². The SMILES string of the molecule is CCNC(=NCCCOC(C)c1ccccc1)NCCN1CCOCC1. The first-order valence-electron chi connectivity index (χ1n) is 9.78. The van der Waals surface area contributed by atoms with Crippen LogP contribution in [0.15, 0.2) is 35.3 Å². The lowest BCUT2D eigenvalue weighted by atomic mass is 10.1. The molecule has 2 N–H and O–H groups in total. The Labute approximate surface area is 158 Å². The van der Waals surface area contributed by atoms with Crippen molar-refractivity contribution < 1.29 is 9.47 Å². The van der Waals surface area contributed by atoms with Gasteiger partial charge in [-0.25, -0.2) is 0 Å². The van der Waals surface area contributed by atoms with E-state index in [1.807, 2.05) is 18.2 Å². The van der Waals surface area contributed by atoms with Crippen LogP contribution in [0.25, 0.3) is 0 Å². The molecule has 6 nitrogen and oxygen atoms in total. The predicted molar refractivity (Wildman–Crippen MR) is 107 cm³/mol. The summed E-state index contributed by atoms with van der Waals surface area (Å²) in [5.74, 6) is 0.886. The second-order valence-electron chi connectivity index (χ2n) is 6.42. The maximum absolute atomic E-state index is 5.90. The Bertz CT molecular complexity index is 504. The van der Waals surface area contributed by atoms with E-state index in [1.54, 1.807) is 0 Å². The first kappa shape index (κ1) is 20.7. The first-order valence-corrected chi connectivity index (χ1v) is 9.78. The minimum Gasteiger partial charge on any atom is -0.379 e. The van der Waals surface area contributed by atoms with Gasteiger partial charge in [0, 0.05) is 45.9 Å². The summed E-state index contributed by atoms with van der Waals surface area (Å²) in [6.07, 6.45) is 1.04. The molecular weight excluding hydrogens is 328 g/mol. The molecule has 0 aliphatic carbocycles. The molecule has 1 fully saturated rings. The van der Waals surface area contributed by atoms with Crippen molar-refractivity contribution in [1.29, 1.82) is 0 Å². The summed E-state index contributed by atoms with van der Waals surface area (Å²) in [7, 11) is 0. The maximum Gasteiger partial charge on any atom is 0.191 e. The van der Waals surface area contributed by atoms with E-state index in [1.165, 1.54) is 5.56 Å². The molecule has 0 radical (unpaired) electrons. The fourth-order valence-corrected chi connectivity index (χ4v) is 2.83. The summed E-state index contributed by atoms with van der Waals surface area (Å²) < 4.78 is 11.3. The normalized spacial score (nSPS) is 17.1. The van der Waals surface area contributed by atoms with Gasteiger partial charge >= 0.3 is 0 Å². The summed E-state index contributed by atoms with van der Waals surface area (Å²) in [5.41, 5.74) is 1.22. The zero-order valence-electron chi connectivity index (χ0n) is 16.2. The molecule has 146 valence electrons. The highest BCUT2D eigenvalue weighted by atomic mass is 16.5. The standard InChI is InChI=1S/C20H34N4O2/c1-3-21-20(23-11-12-24-13-16-25-17-14-24)22-10-7-15-26-18(2)19-8-5-4-6-9-19/h4-6,8-9,18H,3,7,10-17H2,1-2H3,(H2,21,22,23). The quantitative estimate of drug-likeness (QED) is 0.379. The average Bonchev–Trinajstić information content (AvgIpc) is 2.69. The van der Waals surface area contributed by atoms with E-state index in [-0.39, 0.29) is 6.10 Å². The minimum atomic E-state index is 0.125. The molecule has 1 aliphatic rings. The van der Waals surface area contributed by atoms with Gasteiger partial charge in [0.1, 0.15) is 0 Å². The Morgan fingerprint density at radius 3 is 2.73 bits per heavy atom. The van der Waals surface area contributed by atoms with Crippen LogP contribution in [0.4, 0.5) is 0 Å². The van der Waals surface area contributed by atoms with E-state index >= 15 is 0 Å². The van der Waals surface area contributed by atoms with Crippen LogP contribution in [0.1, 0.15) is 31.9 Å². The number of nitrogens with one attached hydrogen (secondary N) is 2. The third-order valence-electron chi connectivity index (χ3n) is 4.38. The van der Waals surface area contributed by atoms with Crippen molar-refractivity contribution in [2.24, 2.45) is 4.99 Å². The monoisotopic (exact) mass is 362 g/mol. The number of benzene rings is 1. The molecule has 1 atom stereocenters. The fraction of sp³-hybridized carbons (Fsp3) is 0.650. The topological polar surface area (TPSA) is 58.1 Å². The number of ether oxygens (including phenoxy) is 2. The van der Waals surface area contributed by atoms with Crippen molar-refractivity contribution in [2.75, 3.05) is 59.1 Å². The molecule has 1 unspecified atom stereocenters. The lowest BCUT2D eigenvalue weighted by molar-refractivity contribution is 0.0389. The van der Waals surface area contributed by atoms with E-state index in [2.05, 4.69) is 46.5 Å². The van der Waals surface area contributed by atoms with Gasteiger partial charge in [0.15, 0.2) is 5.96 Å².